The highest BCUT2D eigenvalue weighted by Crippen LogP contribution is 2.04. The fourth-order valence-electron chi connectivity index (χ4n) is 2.22. The summed E-state index contributed by atoms with van der Waals surface area (Å²) >= 11 is 0. The lowest BCUT2D eigenvalue weighted by molar-refractivity contribution is -0.121. The third-order valence-electron chi connectivity index (χ3n) is 3.60. The predicted molar refractivity (Wildman–Crippen MR) is 82.1 cm³/mol. The van der Waals surface area contributed by atoms with Crippen LogP contribution in [0.2, 0.25) is 0 Å². The van der Waals surface area contributed by atoms with Crippen LogP contribution in [-0.4, -0.2) is 67.7 Å². The summed E-state index contributed by atoms with van der Waals surface area (Å²) in [5.41, 5.74) is 0. The van der Waals surface area contributed by atoms with Crippen molar-refractivity contribution >= 4 is 12.0 Å². The topological polar surface area (TPSA) is 61.9 Å². The van der Waals surface area contributed by atoms with Crippen LogP contribution < -0.4 is 5.32 Å². The minimum Gasteiger partial charge on any atom is -0.450 e. The molecule has 2 amide bonds. The highest BCUT2D eigenvalue weighted by atomic mass is 16.6. The summed E-state index contributed by atoms with van der Waals surface area (Å²) in [6.45, 7) is 11.0. The zero-order valence-corrected chi connectivity index (χ0v) is 13.6. The Bertz CT molecular complexity index is 326. The Hall–Kier alpha value is -1.30. The third kappa shape index (κ3) is 7.32. The molecule has 0 radical (unpaired) electrons. The number of carbonyl (C=O) groups is 2. The van der Waals surface area contributed by atoms with Crippen molar-refractivity contribution in [1.82, 2.24) is 15.1 Å². The van der Waals surface area contributed by atoms with Crippen LogP contribution in [0.4, 0.5) is 4.79 Å². The van der Waals surface area contributed by atoms with Gasteiger partial charge in [0.25, 0.3) is 0 Å². The summed E-state index contributed by atoms with van der Waals surface area (Å²) in [6.07, 6.45) is 1.31. The number of piperazine rings is 1. The lowest BCUT2D eigenvalue weighted by atomic mass is 10.1. The van der Waals surface area contributed by atoms with Crippen LogP contribution in [-0.2, 0) is 9.53 Å². The number of ether oxygens (including phenoxy) is 1. The molecule has 0 unspecified atom stereocenters. The first-order chi connectivity index (χ1) is 10.0. The van der Waals surface area contributed by atoms with E-state index in [0.717, 1.165) is 32.6 Å². The molecule has 122 valence electrons. The van der Waals surface area contributed by atoms with Gasteiger partial charge in [-0.1, -0.05) is 13.8 Å². The Morgan fingerprint density at radius 3 is 2.43 bits per heavy atom. The molecule has 6 nitrogen and oxygen atoms in total. The summed E-state index contributed by atoms with van der Waals surface area (Å²) in [5.74, 6) is 0.727. The van der Waals surface area contributed by atoms with Gasteiger partial charge in [-0.05, 0) is 19.3 Å². The first-order valence-corrected chi connectivity index (χ1v) is 7.93. The van der Waals surface area contributed by atoms with Gasteiger partial charge in [-0.15, -0.1) is 0 Å². The maximum atomic E-state index is 11.7. The zero-order chi connectivity index (χ0) is 15.7. The predicted octanol–water partition coefficient (Wildman–Crippen LogP) is 1.31. The monoisotopic (exact) mass is 299 g/mol. The van der Waals surface area contributed by atoms with Gasteiger partial charge in [-0.25, -0.2) is 4.79 Å². The molecule has 0 aromatic rings. The van der Waals surface area contributed by atoms with Gasteiger partial charge in [0.2, 0.25) is 5.91 Å². The van der Waals surface area contributed by atoms with Gasteiger partial charge in [-0.2, -0.15) is 0 Å². The molecule has 0 aromatic carbocycles. The molecule has 21 heavy (non-hydrogen) atoms. The van der Waals surface area contributed by atoms with Crippen molar-refractivity contribution in [2.24, 2.45) is 5.92 Å². The van der Waals surface area contributed by atoms with Crippen molar-refractivity contribution in [3.05, 3.63) is 0 Å². The highest BCUT2D eigenvalue weighted by Gasteiger charge is 2.21. The van der Waals surface area contributed by atoms with Gasteiger partial charge in [0, 0.05) is 45.7 Å². The Morgan fingerprint density at radius 1 is 1.19 bits per heavy atom. The first-order valence-electron chi connectivity index (χ1n) is 7.93. The molecule has 1 rings (SSSR count). The fourth-order valence-corrected chi connectivity index (χ4v) is 2.22. The van der Waals surface area contributed by atoms with Crippen molar-refractivity contribution in [3.8, 4) is 0 Å². The molecule has 0 atom stereocenters. The molecule has 1 N–H and O–H groups in total. The fraction of sp³-hybridized carbons (Fsp3) is 0.867. The smallest absolute Gasteiger partial charge is 0.409 e. The molecule has 1 aliphatic heterocycles. The average Bonchev–Trinajstić information content (AvgIpc) is 2.45. The van der Waals surface area contributed by atoms with Gasteiger partial charge in [0.1, 0.15) is 0 Å². The number of hydrogen-bond acceptors (Lipinski definition) is 4. The van der Waals surface area contributed by atoms with Gasteiger partial charge in [-0.3, -0.25) is 9.69 Å². The molecular weight excluding hydrogens is 270 g/mol. The molecule has 6 heteroatoms. The molecule has 1 heterocycles. The van der Waals surface area contributed by atoms with E-state index in [0.29, 0.717) is 32.0 Å². The second-order valence-electron chi connectivity index (χ2n) is 5.81. The number of carbonyl (C=O) groups excluding carboxylic acids is 2. The maximum Gasteiger partial charge on any atom is 0.409 e. The van der Waals surface area contributed by atoms with Crippen molar-refractivity contribution in [3.63, 3.8) is 0 Å². The van der Waals surface area contributed by atoms with E-state index >= 15 is 0 Å². The van der Waals surface area contributed by atoms with Crippen molar-refractivity contribution < 1.29 is 14.3 Å². The quantitative estimate of drug-likeness (QED) is 0.770. The van der Waals surface area contributed by atoms with Crippen LogP contribution in [0.1, 0.15) is 33.6 Å². The van der Waals surface area contributed by atoms with Gasteiger partial charge >= 0.3 is 6.09 Å². The van der Waals surface area contributed by atoms with Crippen molar-refractivity contribution in [2.45, 2.75) is 33.6 Å². The van der Waals surface area contributed by atoms with Gasteiger partial charge < -0.3 is 15.0 Å². The number of rotatable bonds is 7. The summed E-state index contributed by atoms with van der Waals surface area (Å²) in [7, 11) is 0. The summed E-state index contributed by atoms with van der Waals surface area (Å²) in [6, 6.07) is 0. The molecule has 1 saturated heterocycles. The molecule has 0 spiro atoms. The lowest BCUT2D eigenvalue weighted by Crippen LogP contribution is -2.49. The number of hydrogen-bond donors (Lipinski definition) is 1. The maximum absolute atomic E-state index is 11.7. The molecule has 0 aromatic heterocycles. The van der Waals surface area contributed by atoms with E-state index in [4.69, 9.17) is 4.74 Å². The van der Waals surface area contributed by atoms with Crippen molar-refractivity contribution in [1.29, 1.82) is 0 Å². The highest BCUT2D eigenvalue weighted by molar-refractivity contribution is 5.76. The number of nitrogens with zero attached hydrogens (tertiary/aromatic N) is 2. The van der Waals surface area contributed by atoms with E-state index in [2.05, 4.69) is 24.1 Å². The van der Waals surface area contributed by atoms with Crippen LogP contribution in [0.5, 0.6) is 0 Å². The molecule has 1 aliphatic rings. The van der Waals surface area contributed by atoms with Crippen LogP contribution in [0.25, 0.3) is 0 Å². The second-order valence-corrected chi connectivity index (χ2v) is 5.81. The minimum atomic E-state index is -0.233. The molecule has 0 bridgehead atoms. The number of amides is 2. The minimum absolute atomic E-state index is 0.114. The van der Waals surface area contributed by atoms with E-state index in [1.54, 1.807) is 4.90 Å². The largest absolute Gasteiger partial charge is 0.450 e. The summed E-state index contributed by atoms with van der Waals surface area (Å²) < 4.78 is 4.98. The van der Waals surface area contributed by atoms with Crippen LogP contribution in [0, 0.1) is 5.92 Å². The van der Waals surface area contributed by atoms with E-state index in [1.807, 2.05) is 6.92 Å². The first kappa shape index (κ1) is 17.8. The van der Waals surface area contributed by atoms with E-state index < -0.39 is 0 Å². The van der Waals surface area contributed by atoms with Crippen LogP contribution >= 0.6 is 0 Å². The van der Waals surface area contributed by atoms with Crippen molar-refractivity contribution in [2.75, 3.05) is 45.9 Å². The Kier molecular flexibility index (Phi) is 8.12. The van der Waals surface area contributed by atoms with Gasteiger partial charge in [0.15, 0.2) is 0 Å². The SMILES string of the molecule is CCOC(=O)N1CCN(CCC(=O)NCCC(C)C)CC1. The van der Waals surface area contributed by atoms with E-state index in [-0.39, 0.29) is 12.0 Å². The average molecular weight is 299 g/mol. The Labute approximate surface area is 127 Å². The number of nitrogens with one attached hydrogen (secondary N) is 1. The van der Waals surface area contributed by atoms with E-state index in [9.17, 15) is 9.59 Å². The van der Waals surface area contributed by atoms with E-state index in [1.165, 1.54) is 0 Å². The Morgan fingerprint density at radius 2 is 1.86 bits per heavy atom. The Balaban J connectivity index is 2.12. The van der Waals surface area contributed by atoms with Crippen LogP contribution in [0.3, 0.4) is 0 Å². The summed E-state index contributed by atoms with van der Waals surface area (Å²) in [5, 5.41) is 2.95. The van der Waals surface area contributed by atoms with Crippen LogP contribution in [0.15, 0.2) is 0 Å². The van der Waals surface area contributed by atoms with Gasteiger partial charge in [0.05, 0.1) is 6.61 Å². The summed E-state index contributed by atoms with van der Waals surface area (Å²) in [4.78, 5) is 27.2. The molecule has 1 fully saturated rings. The normalized spacial score (nSPS) is 16.1. The standard InChI is InChI=1S/C15H29N3O3/c1-4-21-15(20)18-11-9-17(10-12-18)8-6-14(19)16-7-5-13(2)3/h13H,4-12H2,1-3H3,(H,16,19). The molecule has 0 saturated carbocycles. The third-order valence-corrected chi connectivity index (χ3v) is 3.60. The lowest BCUT2D eigenvalue weighted by Gasteiger charge is -2.33. The zero-order valence-electron chi connectivity index (χ0n) is 13.6. The molecular formula is C15H29N3O3. The molecule has 0 aliphatic carbocycles. The second kappa shape index (κ2) is 9.60.